The molecule has 2 heterocycles. The van der Waals surface area contributed by atoms with Crippen molar-refractivity contribution in [2.24, 2.45) is 11.8 Å². The van der Waals surface area contributed by atoms with E-state index < -0.39 is 5.97 Å². The lowest BCUT2D eigenvalue weighted by Crippen LogP contribution is -2.29. The number of benzene rings is 1. The highest BCUT2D eigenvalue weighted by molar-refractivity contribution is 7.99. The molecule has 0 radical (unpaired) electrons. The van der Waals surface area contributed by atoms with Crippen LogP contribution in [0.4, 0.5) is 0 Å². The van der Waals surface area contributed by atoms with E-state index in [0.29, 0.717) is 30.5 Å². The van der Waals surface area contributed by atoms with Crippen molar-refractivity contribution < 1.29 is 14.6 Å². The molecule has 2 fully saturated rings. The van der Waals surface area contributed by atoms with E-state index in [1.807, 2.05) is 11.8 Å². The summed E-state index contributed by atoms with van der Waals surface area (Å²) in [6.45, 7) is 0. The van der Waals surface area contributed by atoms with Gasteiger partial charge in [0.2, 0.25) is 0 Å². The predicted molar refractivity (Wildman–Crippen MR) is 97.4 cm³/mol. The van der Waals surface area contributed by atoms with E-state index in [4.69, 9.17) is 9.84 Å². The zero-order chi connectivity index (χ0) is 16.8. The lowest BCUT2D eigenvalue weighted by molar-refractivity contribution is -0.137. The highest BCUT2D eigenvalue weighted by atomic mass is 32.2. The summed E-state index contributed by atoms with van der Waals surface area (Å²) in [5.74, 6) is 1.89. The Kier molecular flexibility index (Phi) is 6.61. The molecule has 0 spiro atoms. The van der Waals surface area contributed by atoms with Crippen LogP contribution < -0.4 is 0 Å². The van der Waals surface area contributed by atoms with Crippen LogP contribution in [0.2, 0.25) is 0 Å². The van der Waals surface area contributed by atoms with Crippen LogP contribution in [0.3, 0.4) is 0 Å². The summed E-state index contributed by atoms with van der Waals surface area (Å²) in [7, 11) is 0. The number of aliphatic carboxylic acids is 1. The second-order valence-corrected chi connectivity index (χ2v) is 8.18. The Bertz CT molecular complexity index is 519. The van der Waals surface area contributed by atoms with Crippen LogP contribution in [0.1, 0.15) is 51.4 Å². The van der Waals surface area contributed by atoms with Crippen LogP contribution in [0.25, 0.3) is 0 Å². The molecule has 2 aliphatic heterocycles. The van der Waals surface area contributed by atoms with Gasteiger partial charge in [0.05, 0.1) is 12.2 Å². The second kappa shape index (κ2) is 8.91. The molecule has 2 aliphatic rings. The van der Waals surface area contributed by atoms with Gasteiger partial charge in [-0.15, -0.1) is 11.8 Å². The van der Waals surface area contributed by atoms with Gasteiger partial charge >= 0.3 is 5.97 Å². The zero-order valence-corrected chi connectivity index (χ0v) is 15.0. The van der Waals surface area contributed by atoms with Gasteiger partial charge in [-0.2, -0.15) is 0 Å². The highest BCUT2D eigenvalue weighted by Gasteiger charge is 2.47. The molecule has 0 unspecified atom stereocenters. The van der Waals surface area contributed by atoms with Gasteiger partial charge in [-0.1, -0.05) is 37.5 Å². The SMILES string of the molecule is O=C(O)CCCCCC[C@@H]1[C@H](CSc2ccccc2)[C@@H]2CC[C@H]1O2. The summed E-state index contributed by atoms with van der Waals surface area (Å²) in [4.78, 5) is 11.9. The maximum atomic E-state index is 10.5. The molecule has 3 rings (SSSR count). The van der Waals surface area contributed by atoms with E-state index in [9.17, 15) is 4.79 Å². The standard InChI is InChI=1S/C20H28O3S/c21-20(22)11-7-2-1-6-10-16-17(19-13-12-18(16)23-19)14-24-15-8-4-3-5-9-15/h3-5,8-9,16-19H,1-2,6-7,10-14H2,(H,21,22)/t16-,17+,18-,19+/m1/s1. The van der Waals surface area contributed by atoms with Gasteiger partial charge in [-0.05, 0) is 49.7 Å². The monoisotopic (exact) mass is 348 g/mol. The first-order valence-electron chi connectivity index (χ1n) is 9.29. The minimum atomic E-state index is -0.672. The first-order chi connectivity index (χ1) is 11.7. The molecule has 3 nitrogen and oxygen atoms in total. The van der Waals surface area contributed by atoms with Crippen LogP contribution in [0, 0.1) is 11.8 Å². The van der Waals surface area contributed by atoms with Crippen molar-refractivity contribution in [2.75, 3.05) is 5.75 Å². The van der Waals surface area contributed by atoms with Gasteiger partial charge < -0.3 is 9.84 Å². The van der Waals surface area contributed by atoms with Crippen LogP contribution in [-0.4, -0.2) is 29.0 Å². The van der Waals surface area contributed by atoms with Crippen LogP contribution >= 0.6 is 11.8 Å². The molecule has 0 amide bonds. The third kappa shape index (κ3) is 4.76. The van der Waals surface area contributed by atoms with Crippen molar-refractivity contribution in [2.45, 2.75) is 68.5 Å². The number of unbranched alkanes of at least 4 members (excludes halogenated alkanes) is 3. The summed E-state index contributed by atoms with van der Waals surface area (Å²) in [5.41, 5.74) is 0. The van der Waals surface area contributed by atoms with Crippen LogP contribution in [0.15, 0.2) is 35.2 Å². The summed E-state index contributed by atoms with van der Waals surface area (Å²) in [6.07, 6.45) is 9.21. The molecular weight excluding hydrogens is 320 g/mol. The molecule has 132 valence electrons. The van der Waals surface area contributed by atoms with Gasteiger partial charge in [0.1, 0.15) is 0 Å². The number of carboxylic acid groups (broad SMARTS) is 1. The minimum absolute atomic E-state index is 0.313. The van der Waals surface area contributed by atoms with Crippen LogP contribution in [0.5, 0.6) is 0 Å². The predicted octanol–water partition coefficient (Wildman–Crippen LogP) is 5.00. The average molecular weight is 349 g/mol. The highest BCUT2D eigenvalue weighted by Crippen LogP contribution is 2.47. The fraction of sp³-hybridized carbons (Fsp3) is 0.650. The molecule has 0 saturated carbocycles. The van der Waals surface area contributed by atoms with Crippen LogP contribution in [-0.2, 0) is 9.53 Å². The normalized spacial score (nSPS) is 28.3. The Morgan fingerprint density at radius 2 is 1.75 bits per heavy atom. The Hall–Kier alpha value is -1.00. The number of fused-ring (bicyclic) bond motifs is 2. The smallest absolute Gasteiger partial charge is 0.303 e. The van der Waals surface area contributed by atoms with E-state index >= 15 is 0 Å². The maximum Gasteiger partial charge on any atom is 0.303 e. The van der Waals surface area contributed by atoms with E-state index in [1.165, 1.54) is 30.6 Å². The van der Waals surface area contributed by atoms with Crippen molar-refractivity contribution in [1.82, 2.24) is 0 Å². The van der Waals surface area contributed by atoms with Crippen molar-refractivity contribution in [1.29, 1.82) is 0 Å². The first kappa shape index (κ1) is 17.8. The lowest BCUT2D eigenvalue weighted by atomic mass is 9.77. The quantitative estimate of drug-likeness (QED) is 0.477. The average Bonchev–Trinajstić information content (AvgIpc) is 3.18. The van der Waals surface area contributed by atoms with Gasteiger partial charge in [0.25, 0.3) is 0 Å². The van der Waals surface area contributed by atoms with Gasteiger partial charge in [0.15, 0.2) is 0 Å². The Labute approximate surface area is 149 Å². The summed E-state index contributed by atoms with van der Waals surface area (Å²) in [5, 5.41) is 8.68. The largest absolute Gasteiger partial charge is 0.481 e. The number of ether oxygens (including phenoxy) is 1. The van der Waals surface area contributed by atoms with E-state index in [2.05, 4.69) is 30.3 Å². The summed E-state index contributed by atoms with van der Waals surface area (Å²) < 4.78 is 6.20. The third-order valence-electron chi connectivity index (χ3n) is 5.45. The molecule has 0 aromatic heterocycles. The molecule has 0 aliphatic carbocycles. The Morgan fingerprint density at radius 1 is 1.04 bits per heavy atom. The summed E-state index contributed by atoms with van der Waals surface area (Å²) >= 11 is 1.97. The first-order valence-corrected chi connectivity index (χ1v) is 10.3. The van der Waals surface area contributed by atoms with E-state index in [1.54, 1.807) is 0 Å². The zero-order valence-electron chi connectivity index (χ0n) is 14.2. The number of rotatable bonds is 10. The number of hydrogen-bond acceptors (Lipinski definition) is 3. The second-order valence-electron chi connectivity index (χ2n) is 7.09. The fourth-order valence-electron chi connectivity index (χ4n) is 4.22. The van der Waals surface area contributed by atoms with Crippen molar-refractivity contribution in [3.63, 3.8) is 0 Å². The molecule has 4 atom stereocenters. The number of carbonyl (C=O) groups is 1. The Balaban J connectivity index is 1.42. The lowest BCUT2D eigenvalue weighted by Gasteiger charge is -2.27. The van der Waals surface area contributed by atoms with Gasteiger partial charge in [0, 0.05) is 17.1 Å². The molecule has 1 aromatic carbocycles. The maximum absolute atomic E-state index is 10.5. The molecule has 24 heavy (non-hydrogen) atoms. The molecular formula is C20H28O3S. The number of carboxylic acids is 1. The van der Waals surface area contributed by atoms with Gasteiger partial charge in [-0.3, -0.25) is 4.79 Å². The fourth-order valence-corrected chi connectivity index (χ4v) is 5.42. The molecule has 4 heteroatoms. The van der Waals surface area contributed by atoms with Crippen molar-refractivity contribution in [3.8, 4) is 0 Å². The van der Waals surface area contributed by atoms with E-state index in [-0.39, 0.29) is 0 Å². The van der Waals surface area contributed by atoms with Crippen molar-refractivity contribution >= 4 is 17.7 Å². The molecule has 1 aromatic rings. The third-order valence-corrected chi connectivity index (χ3v) is 6.61. The van der Waals surface area contributed by atoms with E-state index in [0.717, 1.165) is 25.0 Å². The molecule has 1 N–H and O–H groups in total. The molecule has 2 saturated heterocycles. The summed E-state index contributed by atoms with van der Waals surface area (Å²) in [6, 6.07) is 10.7. The van der Waals surface area contributed by atoms with Gasteiger partial charge in [-0.25, -0.2) is 0 Å². The molecule has 2 bridgehead atoms. The minimum Gasteiger partial charge on any atom is -0.481 e. The Morgan fingerprint density at radius 3 is 2.50 bits per heavy atom. The number of thioether (sulfide) groups is 1. The number of hydrogen-bond donors (Lipinski definition) is 1. The van der Waals surface area contributed by atoms with Crippen molar-refractivity contribution in [3.05, 3.63) is 30.3 Å². The topological polar surface area (TPSA) is 46.5 Å².